The highest BCUT2D eigenvalue weighted by molar-refractivity contribution is 7.89. The minimum atomic E-state index is -3.46. The maximum atomic E-state index is 13.0. The van der Waals surface area contributed by atoms with Crippen molar-refractivity contribution in [2.45, 2.75) is 43.0 Å². The zero-order valence-corrected chi connectivity index (χ0v) is 15.5. The lowest BCUT2D eigenvalue weighted by Gasteiger charge is -2.39. The molecule has 2 aliphatic heterocycles. The SMILES string of the molecule is Cn1nnc2ccc(S(=O)(=O)N3CCC(N4CCCCC4)CC3)cc21. The standard InChI is InChI=1S/C17H25N5O2S/c1-20-17-13-15(5-6-16(17)18-19-20)25(23,24)22-11-7-14(8-12-22)21-9-3-2-4-10-21/h5-6,13-14H,2-4,7-12H2,1H3. The quantitative estimate of drug-likeness (QED) is 0.828. The second-order valence-electron chi connectivity index (χ2n) is 7.10. The molecule has 0 radical (unpaired) electrons. The molecule has 0 spiro atoms. The molecule has 0 N–H and O–H groups in total. The van der Waals surface area contributed by atoms with Gasteiger partial charge in [-0.25, -0.2) is 13.1 Å². The van der Waals surface area contributed by atoms with E-state index >= 15 is 0 Å². The van der Waals surface area contributed by atoms with E-state index in [-0.39, 0.29) is 0 Å². The molecule has 2 saturated heterocycles. The molecular weight excluding hydrogens is 338 g/mol. The Morgan fingerprint density at radius 2 is 1.76 bits per heavy atom. The van der Waals surface area contributed by atoms with Gasteiger partial charge in [0.15, 0.2) is 0 Å². The van der Waals surface area contributed by atoms with Crippen molar-refractivity contribution >= 4 is 21.1 Å². The Labute approximate surface area is 148 Å². The summed E-state index contributed by atoms with van der Waals surface area (Å²) in [5.41, 5.74) is 1.45. The molecule has 0 atom stereocenters. The summed E-state index contributed by atoms with van der Waals surface area (Å²) >= 11 is 0. The second kappa shape index (κ2) is 6.66. The summed E-state index contributed by atoms with van der Waals surface area (Å²) in [5.74, 6) is 0. The Morgan fingerprint density at radius 3 is 2.48 bits per heavy atom. The molecule has 4 rings (SSSR count). The van der Waals surface area contributed by atoms with Gasteiger partial charge in [0.05, 0.1) is 10.4 Å². The van der Waals surface area contributed by atoms with Crippen molar-refractivity contribution in [1.82, 2.24) is 24.2 Å². The number of sulfonamides is 1. The van der Waals surface area contributed by atoms with Crippen LogP contribution in [0.15, 0.2) is 23.1 Å². The summed E-state index contributed by atoms with van der Waals surface area (Å²) in [6, 6.07) is 5.59. The van der Waals surface area contributed by atoms with E-state index in [1.54, 1.807) is 34.2 Å². The van der Waals surface area contributed by atoms with E-state index in [1.807, 2.05) is 0 Å². The number of aryl methyl sites for hydroxylation is 1. The molecule has 25 heavy (non-hydrogen) atoms. The number of aromatic nitrogens is 3. The average Bonchev–Trinajstić information content (AvgIpc) is 3.03. The molecule has 136 valence electrons. The van der Waals surface area contributed by atoms with E-state index in [0.29, 0.717) is 29.5 Å². The molecule has 0 unspecified atom stereocenters. The average molecular weight is 363 g/mol. The van der Waals surface area contributed by atoms with Crippen LogP contribution in [0.2, 0.25) is 0 Å². The van der Waals surface area contributed by atoms with E-state index in [0.717, 1.165) is 18.4 Å². The first-order valence-electron chi connectivity index (χ1n) is 9.09. The van der Waals surface area contributed by atoms with Crippen LogP contribution in [-0.2, 0) is 17.1 Å². The van der Waals surface area contributed by atoms with E-state index in [2.05, 4.69) is 15.2 Å². The first-order valence-corrected chi connectivity index (χ1v) is 10.5. The van der Waals surface area contributed by atoms with Crippen LogP contribution in [0.3, 0.4) is 0 Å². The molecule has 0 amide bonds. The highest BCUT2D eigenvalue weighted by atomic mass is 32.2. The van der Waals surface area contributed by atoms with Crippen molar-refractivity contribution < 1.29 is 8.42 Å². The lowest BCUT2D eigenvalue weighted by atomic mass is 10.0. The minimum absolute atomic E-state index is 0.335. The molecule has 2 aromatic rings. The van der Waals surface area contributed by atoms with Crippen LogP contribution in [0, 0.1) is 0 Å². The fraction of sp³-hybridized carbons (Fsp3) is 0.647. The molecule has 1 aromatic carbocycles. The van der Waals surface area contributed by atoms with Crippen molar-refractivity contribution in [2.75, 3.05) is 26.2 Å². The minimum Gasteiger partial charge on any atom is -0.300 e. The van der Waals surface area contributed by atoms with Crippen LogP contribution in [0.1, 0.15) is 32.1 Å². The van der Waals surface area contributed by atoms with Crippen LogP contribution in [0.5, 0.6) is 0 Å². The van der Waals surface area contributed by atoms with E-state index in [9.17, 15) is 8.42 Å². The van der Waals surface area contributed by atoms with Crippen LogP contribution >= 0.6 is 0 Å². The lowest BCUT2D eigenvalue weighted by Crippen LogP contribution is -2.48. The van der Waals surface area contributed by atoms with Gasteiger partial charge in [-0.05, 0) is 57.0 Å². The summed E-state index contributed by atoms with van der Waals surface area (Å²) in [4.78, 5) is 2.89. The van der Waals surface area contributed by atoms with Gasteiger partial charge in [0, 0.05) is 26.2 Å². The number of hydrogen-bond donors (Lipinski definition) is 0. The number of rotatable bonds is 3. The third-order valence-corrected chi connectivity index (χ3v) is 7.45. The Bertz CT molecular complexity index is 849. The second-order valence-corrected chi connectivity index (χ2v) is 9.03. The molecule has 0 bridgehead atoms. The van der Waals surface area contributed by atoms with Crippen molar-refractivity contribution in [2.24, 2.45) is 7.05 Å². The molecule has 1 aromatic heterocycles. The zero-order valence-electron chi connectivity index (χ0n) is 14.6. The maximum absolute atomic E-state index is 13.0. The summed E-state index contributed by atoms with van der Waals surface area (Å²) in [5, 5.41) is 7.96. The van der Waals surface area contributed by atoms with Gasteiger partial charge in [0.25, 0.3) is 0 Å². The topological polar surface area (TPSA) is 71.3 Å². The van der Waals surface area contributed by atoms with Gasteiger partial charge >= 0.3 is 0 Å². The maximum Gasteiger partial charge on any atom is 0.243 e. The Morgan fingerprint density at radius 1 is 1.04 bits per heavy atom. The van der Waals surface area contributed by atoms with Crippen molar-refractivity contribution in [3.8, 4) is 0 Å². The van der Waals surface area contributed by atoms with E-state index in [1.165, 1.54) is 32.4 Å². The van der Waals surface area contributed by atoms with Crippen LogP contribution in [0.4, 0.5) is 0 Å². The van der Waals surface area contributed by atoms with Gasteiger partial charge in [-0.1, -0.05) is 11.6 Å². The van der Waals surface area contributed by atoms with Gasteiger partial charge in [0.2, 0.25) is 10.0 Å². The zero-order chi connectivity index (χ0) is 17.4. The summed E-state index contributed by atoms with van der Waals surface area (Å²) in [6.45, 7) is 3.54. The highest BCUT2D eigenvalue weighted by Crippen LogP contribution is 2.26. The summed E-state index contributed by atoms with van der Waals surface area (Å²) in [7, 11) is -1.68. The largest absolute Gasteiger partial charge is 0.300 e. The monoisotopic (exact) mass is 363 g/mol. The number of fused-ring (bicyclic) bond motifs is 1. The number of nitrogens with zero attached hydrogens (tertiary/aromatic N) is 5. The third-order valence-electron chi connectivity index (χ3n) is 5.55. The number of benzene rings is 1. The summed E-state index contributed by atoms with van der Waals surface area (Å²) in [6.07, 6.45) is 5.73. The van der Waals surface area contributed by atoms with Gasteiger partial charge in [0.1, 0.15) is 5.52 Å². The third kappa shape index (κ3) is 3.18. The normalized spacial score (nSPS) is 21.8. The molecule has 7 nitrogen and oxygen atoms in total. The molecule has 3 heterocycles. The Hall–Kier alpha value is -1.51. The van der Waals surface area contributed by atoms with Gasteiger partial charge in [-0.15, -0.1) is 5.10 Å². The van der Waals surface area contributed by atoms with Gasteiger partial charge < -0.3 is 4.90 Å². The van der Waals surface area contributed by atoms with Crippen LogP contribution in [0.25, 0.3) is 11.0 Å². The van der Waals surface area contributed by atoms with E-state index in [4.69, 9.17) is 0 Å². The number of hydrogen-bond acceptors (Lipinski definition) is 5. The Balaban J connectivity index is 1.49. The van der Waals surface area contributed by atoms with Gasteiger partial charge in [-0.3, -0.25) is 0 Å². The van der Waals surface area contributed by atoms with E-state index < -0.39 is 10.0 Å². The number of piperidine rings is 2. The first kappa shape index (κ1) is 16.9. The molecule has 0 aliphatic carbocycles. The number of likely N-dealkylation sites (tertiary alicyclic amines) is 1. The van der Waals surface area contributed by atoms with Crippen molar-refractivity contribution in [3.63, 3.8) is 0 Å². The molecule has 2 fully saturated rings. The molecular formula is C17H25N5O2S. The van der Waals surface area contributed by atoms with Crippen LogP contribution in [-0.4, -0.2) is 64.8 Å². The van der Waals surface area contributed by atoms with Crippen molar-refractivity contribution in [1.29, 1.82) is 0 Å². The predicted octanol–water partition coefficient (Wildman–Crippen LogP) is 1.61. The van der Waals surface area contributed by atoms with Crippen molar-refractivity contribution in [3.05, 3.63) is 18.2 Å². The molecule has 8 heteroatoms. The fourth-order valence-electron chi connectivity index (χ4n) is 4.05. The molecule has 2 aliphatic rings. The van der Waals surface area contributed by atoms with Crippen LogP contribution < -0.4 is 0 Å². The Kier molecular flexibility index (Phi) is 4.51. The molecule has 0 saturated carbocycles. The van der Waals surface area contributed by atoms with Gasteiger partial charge in [-0.2, -0.15) is 4.31 Å². The predicted molar refractivity (Wildman–Crippen MR) is 95.7 cm³/mol. The lowest BCUT2D eigenvalue weighted by molar-refractivity contribution is 0.118. The first-order chi connectivity index (χ1) is 12.1. The smallest absolute Gasteiger partial charge is 0.243 e. The highest BCUT2D eigenvalue weighted by Gasteiger charge is 2.32. The fourth-order valence-corrected chi connectivity index (χ4v) is 5.54. The summed E-state index contributed by atoms with van der Waals surface area (Å²) < 4.78 is 29.3.